The number of fused-ring (bicyclic) bond motifs is 2. The van der Waals surface area contributed by atoms with Gasteiger partial charge in [0.1, 0.15) is 17.5 Å². The van der Waals surface area contributed by atoms with E-state index in [9.17, 15) is 23.1 Å². The van der Waals surface area contributed by atoms with Crippen LogP contribution in [-0.4, -0.2) is 71.1 Å². The molecule has 186 valence electrons. The summed E-state index contributed by atoms with van der Waals surface area (Å²) in [4.78, 5) is 32.6. The number of carbonyl (C=O) groups is 2. The van der Waals surface area contributed by atoms with E-state index in [-0.39, 0.29) is 24.4 Å². The molecule has 1 atom stereocenters. The van der Waals surface area contributed by atoms with Gasteiger partial charge in [-0.25, -0.2) is 18.2 Å². The van der Waals surface area contributed by atoms with Crippen molar-refractivity contribution < 1.29 is 23.1 Å². The molecule has 1 aliphatic heterocycles. The van der Waals surface area contributed by atoms with E-state index >= 15 is 0 Å². The average Bonchev–Trinajstić information content (AvgIpc) is 3.36. The second-order valence-corrected chi connectivity index (χ2v) is 11.2. The molecule has 2 aromatic heterocycles. The van der Waals surface area contributed by atoms with Crippen LogP contribution in [0, 0.1) is 0 Å². The number of pyridine rings is 1. The van der Waals surface area contributed by atoms with Gasteiger partial charge >= 0.3 is 5.97 Å². The summed E-state index contributed by atoms with van der Waals surface area (Å²) >= 11 is 6.00. The Morgan fingerprint density at radius 1 is 1.06 bits per heavy atom. The van der Waals surface area contributed by atoms with Crippen LogP contribution >= 0.6 is 11.6 Å². The molecule has 1 saturated heterocycles. The van der Waals surface area contributed by atoms with Gasteiger partial charge in [0, 0.05) is 36.9 Å². The molecule has 0 radical (unpaired) electrons. The van der Waals surface area contributed by atoms with Crippen LogP contribution in [0.5, 0.6) is 0 Å². The fraction of sp³-hybridized carbons (Fsp3) is 0.240. The van der Waals surface area contributed by atoms with Crippen LogP contribution in [0.2, 0.25) is 5.02 Å². The third-order valence-electron chi connectivity index (χ3n) is 6.43. The molecule has 1 unspecified atom stereocenters. The summed E-state index contributed by atoms with van der Waals surface area (Å²) in [5.41, 5.74) is 0.736. The molecular formula is C25H23ClN4O5S. The predicted molar refractivity (Wildman–Crippen MR) is 136 cm³/mol. The van der Waals surface area contributed by atoms with E-state index in [1.165, 1.54) is 11.0 Å². The molecule has 0 saturated carbocycles. The molecule has 0 bridgehead atoms. The van der Waals surface area contributed by atoms with Gasteiger partial charge in [0.05, 0.1) is 17.2 Å². The number of hydrogen-bond donors (Lipinski definition) is 1. The van der Waals surface area contributed by atoms with Gasteiger partial charge in [-0.3, -0.25) is 9.20 Å². The summed E-state index contributed by atoms with van der Waals surface area (Å²) in [5, 5.41) is 11.9. The summed E-state index contributed by atoms with van der Waals surface area (Å²) in [5.74, 6) is -1.27. The number of benzene rings is 2. The molecule has 3 heterocycles. The highest BCUT2D eigenvalue weighted by Crippen LogP contribution is 2.25. The molecule has 1 fully saturated rings. The van der Waals surface area contributed by atoms with E-state index in [2.05, 4.69) is 4.98 Å². The third kappa shape index (κ3) is 4.61. The van der Waals surface area contributed by atoms with Crippen molar-refractivity contribution in [2.24, 2.45) is 0 Å². The first-order chi connectivity index (χ1) is 17.2. The lowest BCUT2D eigenvalue weighted by Crippen LogP contribution is -2.58. The van der Waals surface area contributed by atoms with Crippen LogP contribution in [0.1, 0.15) is 6.42 Å². The molecule has 5 rings (SSSR count). The number of halogens is 1. The Morgan fingerprint density at radius 2 is 1.83 bits per heavy atom. The number of sulfone groups is 1. The lowest BCUT2D eigenvalue weighted by Gasteiger charge is -2.40. The van der Waals surface area contributed by atoms with Gasteiger partial charge in [0.2, 0.25) is 5.91 Å². The van der Waals surface area contributed by atoms with Crippen molar-refractivity contribution in [2.75, 3.05) is 30.3 Å². The highest BCUT2D eigenvalue weighted by Gasteiger charge is 2.36. The van der Waals surface area contributed by atoms with E-state index in [0.29, 0.717) is 11.6 Å². The lowest BCUT2D eigenvalue weighted by molar-refractivity contribution is -0.150. The summed E-state index contributed by atoms with van der Waals surface area (Å²) < 4.78 is 27.8. The van der Waals surface area contributed by atoms with Gasteiger partial charge in [-0.1, -0.05) is 29.8 Å². The quantitative estimate of drug-likeness (QED) is 0.411. The fourth-order valence-electron chi connectivity index (χ4n) is 4.56. The largest absolute Gasteiger partial charge is 0.480 e. The number of aromatic nitrogens is 2. The second kappa shape index (κ2) is 9.44. The Balaban J connectivity index is 1.29. The van der Waals surface area contributed by atoms with Crippen molar-refractivity contribution in [1.82, 2.24) is 14.3 Å². The molecule has 1 N–H and O–H groups in total. The summed E-state index contributed by atoms with van der Waals surface area (Å²) in [6.45, 7) is 0.656. The summed E-state index contributed by atoms with van der Waals surface area (Å²) in [7, 11) is -3.75. The lowest BCUT2D eigenvalue weighted by atomic mass is 10.1. The number of amides is 1. The molecule has 1 amide bonds. The smallest absolute Gasteiger partial charge is 0.328 e. The maximum Gasteiger partial charge on any atom is 0.328 e. The first kappa shape index (κ1) is 24.1. The zero-order valence-corrected chi connectivity index (χ0v) is 20.7. The SMILES string of the molecule is O=C(O)C1CN(c2cccc3nccn23)CCN1C(=O)CCS(=O)(=O)c1ccc2cc(Cl)ccc2c1. The monoisotopic (exact) mass is 526 g/mol. The predicted octanol–water partition coefficient (Wildman–Crippen LogP) is 3.11. The van der Waals surface area contributed by atoms with Crippen molar-refractivity contribution >= 4 is 55.6 Å². The molecule has 11 heteroatoms. The first-order valence-corrected chi connectivity index (χ1v) is 13.4. The van der Waals surface area contributed by atoms with Gasteiger partial charge in [-0.2, -0.15) is 0 Å². The highest BCUT2D eigenvalue weighted by atomic mass is 35.5. The Hall–Kier alpha value is -3.63. The van der Waals surface area contributed by atoms with Crippen molar-refractivity contribution in [2.45, 2.75) is 17.4 Å². The van der Waals surface area contributed by atoms with Crippen LogP contribution in [-0.2, 0) is 19.4 Å². The van der Waals surface area contributed by atoms with Crippen molar-refractivity contribution in [3.63, 3.8) is 0 Å². The van der Waals surface area contributed by atoms with Crippen LogP contribution in [0.15, 0.2) is 71.9 Å². The summed E-state index contributed by atoms with van der Waals surface area (Å²) in [6, 6.07) is 14.4. The van der Waals surface area contributed by atoms with Crippen molar-refractivity contribution in [3.8, 4) is 0 Å². The molecule has 9 nitrogen and oxygen atoms in total. The van der Waals surface area contributed by atoms with Crippen LogP contribution in [0.4, 0.5) is 5.82 Å². The first-order valence-electron chi connectivity index (χ1n) is 11.3. The number of nitrogens with zero attached hydrogens (tertiary/aromatic N) is 4. The van der Waals surface area contributed by atoms with E-state index in [1.807, 2.05) is 27.5 Å². The number of aliphatic carboxylic acids is 1. The number of piperazine rings is 1. The molecule has 2 aromatic carbocycles. The van der Waals surface area contributed by atoms with Gasteiger partial charge in [0.15, 0.2) is 9.84 Å². The van der Waals surface area contributed by atoms with Crippen LogP contribution in [0.3, 0.4) is 0 Å². The number of carbonyl (C=O) groups excluding carboxylic acids is 1. The molecule has 4 aromatic rings. The van der Waals surface area contributed by atoms with Gasteiger partial charge in [-0.05, 0) is 47.2 Å². The van der Waals surface area contributed by atoms with E-state index < -0.39 is 33.5 Å². The van der Waals surface area contributed by atoms with E-state index in [4.69, 9.17) is 11.6 Å². The highest BCUT2D eigenvalue weighted by molar-refractivity contribution is 7.91. The maximum absolute atomic E-state index is 13.0. The Morgan fingerprint density at radius 3 is 2.64 bits per heavy atom. The minimum atomic E-state index is -3.75. The zero-order valence-electron chi connectivity index (χ0n) is 19.1. The number of hydrogen-bond acceptors (Lipinski definition) is 6. The van der Waals surface area contributed by atoms with Crippen LogP contribution in [0.25, 0.3) is 16.4 Å². The number of imidazole rings is 1. The third-order valence-corrected chi connectivity index (χ3v) is 8.38. The summed E-state index contributed by atoms with van der Waals surface area (Å²) in [6.07, 6.45) is 3.16. The number of anilines is 1. The number of carboxylic acids is 1. The molecule has 1 aliphatic rings. The fourth-order valence-corrected chi connectivity index (χ4v) is 6.00. The average molecular weight is 527 g/mol. The minimum absolute atomic E-state index is 0.0817. The molecule has 0 aliphatic carbocycles. The van der Waals surface area contributed by atoms with Gasteiger partial charge in [0.25, 0.3) is 0 Å². The minimum Gasteiger partial charge on any atom is -0.480 e. The number of rotatable bonds is 6. The normalized spacial score (nSPS) is 16.5. The van der Waals surface area contributed by atoms with Gasteiger partial charge in [-0.15, -0.1) is 0 Å². The molecular weight excluding hydrogens is 504 g/mol. The van der Waals surface area contributed by atoms with Crippen LogP contribution < -0.4 is 4.90 Å². The van der Waals surface area contributed by atoms with Crippen molar-refractivity contribution in [1.29, 1.82) is 0 Å². The van der Waals surface area contributed by atoms with E-state index in [1.54, 1.807) is 42.7 Å². The van der Waals surface area contributed by atoms with E-state index in [0.717, 1.165) is 22.2 Å². The Labute approximate surface area is 212 Å². The molecule has 0 spiro atoms. The molecule has 36 heavy (non-hydrogen) atoms. The Bertz CT molecular complexity index is 1590. The zero-order chi connectivity index (χ0) is 25.4. The Kier molecular flexibility index (Phi) is 6.31. The van der Waals surface area contributed by atoms with Gasteiger partial charge < -0.3 is 14.9 Å². The standard InChI is InChI=1S/C25H23ClN4O5S/c26-19-6-4-18-15-20(7-5-17(18)14-19)36(34,35)13-8-24(31)29-12-11-28(16-21(29)25(32)33)23-3-1-2-22-27-9-10-30(22)23/h1-7,9-10,14-15,21H,8,11-13,16H2,(H,32,33). The topological polar surface area (TPSA) is 112 Å². The second-order valence-electron chi connectivity index (χ2n) is 8.65. The maximum atomic E-state index is 13.0. The number of carboxylic acid groups (broad SMARTS) is 1. The van der Waals surface area contributed by atoms with Crippen molar-refractivity contribution in [3.05, 3.63) is 72.0 Å².